The van der Waals surface area contributed by atoms with Crippen molar-refractivity contribution in [3.05, 3.63) is 161 Å². The summed E-state index contributed by atoms with van der Waals surface area (Å²) in [5.74, 6) is -0.0676. The van der Waals surface area contributed by atoms with Gasteiger partial charge in [-0.3, -0.25) is 14.7 Å². The maximum atomic E-state index is 12.6. The van der Waals surface area contributed by atoms with Gasteiger partial charge in [-0.25, -0.2) is 0 Å². The monoisotopic (exact) mass is 627 g/mol. The van der Waals surface area contributed by atoms with Gasteiger partial charge in [0.2, 0.25) is 0 Å². The number of aliphatic hydroxyl groups excluding tert-OH is 1. The first-order valence-electron chi connectivity index (χ1n) is 16.1. The lowest BCUT2D eigenvalue weighted by atomic mass is 9.90. The van der Waals surface area contributed by atoms with Crippen molar-refractivity contribution in [3.63, 3.8) is 0 Å². The molecule has 1 fully saturated rings. The van der Waals surface area contributed by atoms with E-state index in [2.05, 4.69) is 95.9 Å². The third-order valence-corrected chi connectivity index (χ3v) is 8.71. The van der Waals surface area contributed by atoms with Gasteiger partial charge in [-0.2, -0.15) is 0 Å². The average molecular weight is 628 g/mol. The van der Waals surface area contributed by atoms with E-state index in [0.29, 0.717) is 12.1 Å². The molecule has 1 aliphatic heterocycles. The summed E-state index contributed by atoms with van der Waals surface area (Å²) in [6.45, 7) is 4.17. The second-order valence-corrected chi connectivity index (χ2v) is 12.3. The lowest BCUT2D eigenvalue weighted by Gasteiger charge is -2.42. The van der Waals surface area contributed by atoms with Crippen molar-refractivity contribution in [2.24, 2.45) is 5.92 Å². The number of carbonyl (C=O) groups excluding carboxylic acids is 1. The number of ether oxygens (including phenoxy) is 2. The van der Waals surface area contributed by atoms with E-state index < -0.39 is 6.29 Å². The van der Waals surface area contributed by atoms with E-state index in [-0.39, 0.29) is 30.6 Å². The Balaban J connectivity index is 1.22. The molecule has 7 nitrogen and oxygen atoms in total. The van der Waals surface area contributed by atoms with Gasteiger partial charge in [-0.1, -0.05) is 97.9 Å². The van der Waals surface area contributed by atoms with Crippen LogP contribution in [0.3, 0.4) is 0 Å². The Hall–Kier alpha value is -4.66. The fourth-order valence-corrected chi connectivity index (χ4v) is 6.10. The van der Waals surface area contributed by atoms with Crippen molar-refractivity contribution < 1.29 is 19.4 Å². The number of carbonyl (C=O) groups is 1. The first-order chi connectivity index (χ1) is 23.0. The Morgan fingerprint density at radius 1 is 0.809 bits per heavy atom. The van der Waals surface area contributed by atoms with Gasteiger partial charge in [0, 0.05) is 43.5 Å². The fraction of sp³-hybridized carbons (Fsp3) is 0.250. The van der Waals surface area contributed by atoms with Gasteiger partial charge in [0.15, 0.2) is 6.29 Å². The first-order valence-corrected chi connectivity index (χ1v) is 16.1. The summed E-state index contributed by atoms with van der Waals surface area (Å²) in [6.07, 6.45) is 2.38. The van der Waals surface area contributed by atoms with Crippen molar-refractivity contribution in [2.75, 3.05) is 13.6 Å². The topological polar surface area (TPSA) is 83.9 Å². The molecular weight excluding hydrogens is 586 g/mol. The predicted octanol–water partition coefficient (Wildman–Crippen LogP) is 7.09. The highest BCUT2D eigenvalue weighted by atomic mass is 16.7. The van der Waals surface area contributed by atoms with Crippen LogP contribution >= 0.6 is 0 Å². The second-order valence-electron chi connectivity index (χ2n) is 12.3. The molecule has 1 aliphatic rings. The van der Waals surface area contributed by atoms with Crippen LogP contribution in [-0.4, -0.2) is 40.6 Å². The third-order valence-electron chi connectivity index (χ3n) is 8.71. The normalized spacial score (nSPS) is 19.4. The van der Waals surface area contributed by atoms with Crippen LogP contribution in [0.15, 0.2) is 128 Å². The lowest BCUT2D eigenvalue weighted by molar-refractivity contribution is -0.276. The van der Waals surface area contributed by atoms with E-state index in [1.54, 1.807) is 24.5 Å². The minimum absolute atomic E-state index is 0.00483. The summed E-state index contributed by atoms with van der Waals surface area (Å²) in [5.41, 5.74) is 7.75. The Bertz CT molecular complexity index is 1750. The van der Waals surface area contributed by atoms with E-state index in [1.165, 1.54) is 5.56 Å². The number of likely N-dealkylation sites (N-methyl/N-ethyl adjacent to an activating group) is 1. The van der Waals surface area contributed by atoms with Crippen LogP contribution in [0.4, 0.5) is 0 Å². The number of benzene rings is 4. The molecule has 7 heteroatoms. The minimum atomic E-state index is -0.564. The number of hydrogen-bond donors (Lipinski definition) is 2. The van der Waals surface area contributed by atoms with Crippen LogP contribution in [0.1, 0.15) is 57.5 Å². The molecule has 47 heavy (non-hydrogen) atoms. The predicted molar refractivity (Wildman–Crippen MR) is 183 cm³/mol. The molecule has 1 saturated heterocycles. The molecule has 4 atom stereocenters. The molecule has 6 rings (SSSR count). The molecule has 1 aromatic heterocycles. The van der Waals surface area contributed by atoms with E-state index >= 15 is 0 Å². The van der Waals surface area contributed by atoms with Gasteiger partial charge < -0.3 is 19.9 Å². The zero-order valence-corrected chi connectivity index (χ0v) is 26.8. The number of pyridine rings is 1. The summed E-state index contributed by atoms with van der Waals surface area (Å²) in [6, 6.07) is 38.5. The highest BCUT2D eigenvalue weighted by Gasteiger charge is 2.39. The van der Waals surface area contributed by atoms with E-state index in [9.17, 15) is 9.90 Å². The van der Waals surface area contributed by atoms with Crippen LogP contribution in [0, 0.1) is 5.92 Å². The molecule has 2 heterocycles. The number of rotatable bonds is 11. The molecule has 5 aromatic rings. The maximum absolute atomic E-state index is 12.6. The van der Waals surface area contributed by atoms with Gasteiger partial charge in [-0.05, 0) is 64.7 Å². The summed E-state index contributed by atoms with van der Waals surface area (Å²) in [5, 5.41) is 12.6. The molecule has 1 amide bonds. The minimum Gasteiger partial charge on any atom is -0.392 e. The second kappa shape index (κ2) is 15.3. The third kappa shape index (κ3) is 8.20. The number of nitrogens with zero attached hydrogens (tertiary/aromatic N) is 2. The smallest absolute Gasteiger partial charge is 0.253 e. The molecule has 0 radical (unpaired) electrons. The molecule has 2 N–H and O–H groups in total. The summed E-state index contributed by atoms with van der Waals surface area (Å²) in [7, 11) is 2.13. The van der Waals surface area contributed by atoms with E-state index in [1.807, 2.05) is 36.4 Å². The number of aromatic nitrogens is 1. The van der Waals surface area contributed by atoms with Crippen LogP contribution in [-0.2, 0) is 29.2 Å². The van der Waals surface area contributed by atoms with Crippen LogP contribution in [0.25, 0.3) is 11.1 Å². The van der Waals surface area contributed by atoms with Crippen molar-refractivity contribution in [1.29, 1.82) is 0 Å². The van der Waals surface area contributed by atoms with Crippen molar-refractivity contribution in [2.45, 2.75) is 45.1 Å². The van der Waals surface area contributed by atoms with Crippen molar-refractivity contribution in [1.82, 2.24) is 15.2 Å². The maximum Gasteiger partial charge on any atom is 0.253 e. The molecule has 240 valence electrons. The number of aliphatic hydroxyl groups is 1. The Morgan fingerprint density at radius 2 is 1.55 bits per heavy atom. The van der Waals surface area contributed by atoms with Crippen LogP contribution < -0.4 is 5.32 Å². The number of hydrogen-bond acceptors (Lipinski definition) is 6. The molecule has 0 unspecified atom stereocenters. The largest absolute Gasteiger partial charge is 0.392 e. The van der Waals surface area contributed by atoms with Gasteiger partial charge in [-0.15, -0.1) is 0 Å². The zero-order chi connectivity index (χ0) is 32.6. The molecular formula is C40H41N3O4. The summed E-state index contributed by atoms with van der Waals surface area (Å²) in [4.78, 5) is 18.9. The SMILES string of the molecule is C[C@H]1[C@@H](CN(C)Cc2ccccc2)O[C@@H](c2cccc(-c3cccc(CNC(=O)c4cccnc4)c3)c2)O[C@H]1c1ccc(CO)cc1. The Morgan fingerprint density at radius 3 is 2.30 bits per heavy atom. The van der Waals surface area contributed by atoms with E-state index in [0.717, 1.165) is 46.5 Å². The van der Waals surface area contributed by atoms with Crippen molar-refractivity contribution >= 4 is 5.91 Å². The fourth-order valence-electron chi connectivity index (χ4n) is 6.10. The molecule has 0 saturated carbocycles. The zero-order valence-electron chi connectivity index (χ0n) is 26.8. The van der Waals surface area contributed by atoms with Gasteiger partial charge >= 0.3 is 0 Å². The highest BCUT2D eigenvalue weighted by molar-refractivity contribution is 5.93. The number of nitrogens with one attached hydrogen (secondary N) is 1. The van der Waals surface area contributed by atoms with Gasteiger partial charge in [0.25, 0.3) is 5.91 Å². The first kappa shape index (κ1) is 32.3. The Kier molecular flexibility index (Phi) is 10.5. The number of amides is 1. The highest BCUT2D eigenvalue weighted by Crippen LogP contribution is 2.42. The van der Waals surface area contributed by atoms with Gasteiger partial charge in [0.05, 0.1) is 24.4 Å². The molecule has 0 spiro atoms. The van der Waals surface area contributed by atoms with Crippen LogP contribution in [0.2, 0.25) is 0 Å². The lowest BCUT2D eigenvalue weighted by Crippen LogP contribution is -2.43. The standard InChI is InChI=1S/C40H41N3O4/c1-28-37(26-43(2)25-29-9-4-3-5-10-29)46-40(47-38(28)32-18-16-30(27-44)17-19-32)35-14-7-13-34(22-35)33-12-6-11-31(21-33)23-42-39(45)36-15-8-20-41-24-36/h3-22,24,28,37-38,40,44H,23,25-27H2,1-2H3,(H,42,45)/t28-,37+,38+,40+/m0/s1. The molecule has 0 aliphatic carbocycles. The quantitative estimate of drug-likeness (QED) is 0.163. The summed E-state index contributed by atoms with van der Waals surface area (Å²) >= 11 is 0. The van der Waals surface area contributed by atoms with E-state index in [4.69, 9.17) is 9.47 Å². The molecule has 4 aromatic carbocycles. The molecule has 0 bridgehead atoms. The van der Waals surface area contributed by atoms with Gasteiger partial charge in [0.1, 0.15) is 0 Å². The average Bonchev–Trinajstić information content (AvgIpc) is 3.12. The van der Waals surface area contributed by atoms with Crippen LogP contribution in [0.5, 0.6) is 0 Å². The summed E-state index contributed by atoms with van der Waals surface area (Å²) < 4.78 is 13.5. The Labute approximate surface area is 276 Å². The van der Waals surface area contributed by atoms with Crippen molar-refractivity contribution in [3.8, 4) is 11.1 Å².